The van der Waals surface area contributed by atoms with Crippen molar-refractivity contribution in [3.05, 3.63) is 66.1 Å². The first-order chi connectivity index (χ1) is 19.5. The molecule has 2 heterocycles. The molecule has 41 heavy (non-hydrogen) atoms. The molecule has 12 heteroatoms. The smallest absolute Gasteiger partial charge is 0.280 e. The van der Waals surface area contributed by atoms with Gasteiger partial charge in [-0.1, -0.05) is 19.1 Å². The lowest BCUT2D eigenvalue weighted by atomic mass is 10.0. The fourth-order valence-electron chi connectivity index (χ4n) is 4.86. The molecular weight excluding hydrogens is 546 g/mol. The lowest BCUT2D eigenvalue weighted by molar-refractivity contribution is -0.134. The van der Waals surface area contributed by atoms with Gasteiger partial charge in [-0.2, -0.15) is 8.42 Å². The van der Waals surface area contributed by atoms with Gasteiger partial charge in [0.15, 0.2) is 5.03 Å². The number of aromatic nitrogens is 2. The van der Waals surface area contributed by atoms with Gasteiger partial charge < -0.3 is 24.0 Å². The average Bonchev–Trinajstić information content (AvgIpc) is 3.40. The summed E-state index contributed by atoms with van der Waals surface area (Å²) >= 11 is 0. The van der Waals surface area contributed by atoms with Crippen molar-refractivity contribution in [1.82, 2.24) is 19.4 Å². The summed E-state index contributed by atoms with van der Waals surface area (Å²) in [5, 5.41) is 9.78. The molecule has 11 nitrogen and oxygen atoms in total. The Hall–Kier alpha value is -3.61. The minimum atomic E-state index is -3.92. The second-order valence-corrected chi connectivity index (χ2v) is 12.4. The highest BCUT2D eigenvalue weighted by atomic mass is 32.2. The van der Waals surface area contributed by atoms with Gasteiger partial charge in [-0.25, -0.2) is 4.98 Å². The molecule has 0 bridgehead atoms. The van der Waals surface area contributed by atoms with Crippen molar-refractivity contribution < 1.29 is 27.8 Å². The van der Waals surface area contributed by atoms with Gasteiger partial charge in [0.2, 0.25) is 5.91 Å². The van der Waals surface area contributed by atoms with E-state index in [9.17, 15) is 18.3 Å². The number of amides is 1. The van der Waals surface area contributed by atoms with Crippen molar-refractivity contribution in [3.8, 4) is 11.5 Å². The minimum absolute atomic E-state index is 0.0000442. The molecule has 0 unspecified atom stereocenters. The molecule has 3 aromatic rings. The quantitative estimate of drug-likeness (QED) is 0.372. The van der Waals surface area contributed by atoms with E-state index in [2.05, 4.69) is 14.6 Å². The Morgan fingerprint density at radius 2 is 1.98 bits per heavy atom. The van der Waals surface area contributed by atoms with Crippen LogP contribution in [0.25, 0.3) is 0 Å². The van der Waals surface area contributed by atoms with Crippen LogP contribution in [0.4, 0.5) is 5.69 Å². The molecule has 222 valence electrons. The van der Waals surface area contributed by atoms with E-state index >= 15 is 0 Å². The monoisotopic (exact) mass is 585 g/mol. The number of aryl methyl sites for hydroxylation is 1. The summed E-state index contributed by atoms with van der Waals surface area (Å²) in [4.78, 5) is 21.2. The summed E-state index contributed by atoms with van der Waals surface area (Å²) in [6, 6.07) is 12.5. The number of aliphatic hydroxyl groups is 1. The zero-order valence-corrected chi connectivity index (χ0v) is 25.0. The van der Waals surface area contributed by atoms with Gasteiger partial charge in [-0.15, -0.1) is 0 Å². The first-order valence-electron chi connectivity index (χ1n) is 13.5. The number of nitrogens with one attached hydrogen (secondary N) is 1. The third-order valence-electron chi connectivity index (χ3n) is 7.23. The van der Waals surface area contributed by atoms with E-state index in [4.69, 9.17) is 9.47 Å². The van der Waals surface area contributed by atoms with Crippen molar-refractivity contribution in [2.24, 2.45) is 13.0 Å². The summed E-state index contributed by atoms with van der Waals surface area (Å²) in [7, 11) is 1.42. The average molecular weight is 586 g/mol. The maximum atomic E-state index is 13.5. The molecule has 0 saturated heterocycles. The number of methoxy groups -OCH3 is 1. The minimum Gasteiger partial charge on any atom is -0.497 e. The van der Waals surface area contributed by atoms with Gasteiger partial charge in [0.25, 0.3) is 10.0 Å². The fraction of sp³-hybridized carbons (Fsp3) is 0.448. The van der Waals surface area contributed by atoms with Crippen molar-refractivity contribution in [1.29, 1.82) is 0 Å². The first-order valence-corrected chi connectivity index (χ1v) is 15.0. The molecule has 4 rings (SSSR count). The van der Waals surface area contributed by atoms with Gasteiger partial charge >= 0.3 is 0 Å². The molecular formula is C29H39N5O6S. The Labute approximate surface area is 241 Å². The van der Waals surface area contributed by atoms with Crippen LogP contribution in [0.1, 0.15) is 25.0 Å². The lowest BCUT2D eigenvalue weighted by Gasteiger charge is -2.34. The Morgan fingerprint density at radius 1 is 1.24 bits per heavy atom. The van der Waals surface area contributed by atoms with Gasteiger partial charge in [-0.05, 0) is 49.9 Å². The van der Waals surface area contributed by atoms with Crippen LogP contribution in [-0.4, -0.2) is 84.8 Å². The number of rotatable bonds is 10. The Morgan fingerprint density at radius 3 is 2.61 bits per heavy atom. The van der Waals surface area contributed by atoms with Gasteiger partial charge in [0.1, 0.15) is 17.6 Å². The highest BCUT2D eigenvalue weighted by molar-refractivity contribution is 7.92. The number of carbonyl (C=O) groups excluding carboxylic acids is 1. The van der Waals surface area contributed by atoms with E-state index in [-0.39, 0.29) is 42.0 Å². The summed E-state index contributed by atoms with van der Waals surface area (Å²) in [6.45, 7) is 5.36. The highest BCUT2D eigenvalue weighted by Gasteiger charge is 2.31. The number of nitrogens with zero attached hydrogens (tertiary/aromatic N) is 4. The number of imidazole rings is 1. The van der Waals surface area contributed by atoms with Crippen LogP contribution in [0.15, 0.2) is 60.0 Å². The van der Waals surface area contributed by atoms with Crippen molar-refractivity contribution >= 4 is 21.6 Å². The van der Waals surface area contributed by atoms with E-state index in [1.807, 2.05) is 45.2 Å². The van der Waals surface area contributed by atoms with Gasteiger partial charge in [0, 0.05) is 50.0 Å². The summed E-state index contributed by atoms with van der Waals surface area (Å²) < 4.78 is 41.7. The van der Waals surface area contributed by atoms with Crippen molar-refractivity contribution in [3.63, 3.8) is 0 Å². The van der Waals surface area contributed by atoms with Crippen LogP contribution < -0.4 is 14.2 Å². The SMILES string of the molecule is COc1ccc(CN(C)C[C@H]2Oc3ccc(NS(=O)(=O)c4cn(C)cn4)cc3CC(=O)N([C@H](C)CO)C[C@@H]2C)cc1. The maximum absolute atomic E-state index is 13.5. The predicted octanol–water partition coefficient (Wildman–Crippen LogP) is 2.51. The first kappa shape index (κ1) is 30.4. The fourth-order valence-corrected chi connectivity index (χ4v) is 5.89. The molecule has 1 aliphatic heterocycles. The Bertz CT molecular complexity index is 1440. The predicted molar refractivity (Wildman–Crippen MR) is 155 cm³/mol. The molecule has 1 aliphatic rings. The number of hydrogen-bond acceptors (Lipinski definition) is 8. The normalized spacial score (nSPS) is 18.6. The molecule has 0 saturated carbocycles. The Balaban J connectivity index is 1.61. The van der Waals surface area contributed by atoms with E-state index in [0.29, 0.717) is 36.6 Å². The van der Waals surface area contributed by atoms with E-state index in [0.717, 1.165) is 11.3 Å². The van der Waals surface area contributed by atoms with Crippen molar-refractivity contribution in [2.45, 2.75) is 44.0 Å². The largest absolute Gasteiger partial charge is 0.497 e. The zero-order chi connectivity index (χ0) is 29.7. The molecule has 1 aromatic heterocycles. The molecule has 0 fully saturated rings. The van der Waals surface area contributed by atoms with Crippen LogP contribution in [0.5, 0.6) is 11.5 Å². The number of fused-ring (bicyclic) bond motifs is 1. The molecule has 2 N–H and O–H groups in total. The van der Waals surface area contributed by atoms with Crippen LogP contribution >= 0.6 is 0 Å². The summed E-state index contributed by atoms with van der Waals surface area (Å²) in [6.07, 6.45) is 2.54. The van der Waals surface area contributed by atoms with Crippen LogP contribution in [0, 0.1) is 5.92 Å². The lowest BCUT2D eigenvalue weighted by Crippen LogP contribution is -2.47. The maximum Gasteiger partial charge on any atom is 0.280 e. The highest BCUT2D eigenvalue weighted by Crippen LogP contribution is 2.30. The van der Waals surface area contributed by atoms with Crippen molar-refractivity contribution in [2.75, 3.05) is 38.6 Å². The number of anilines is 1. The number of carbonyl (C=O) groups is 1. The Kier molecular flexibility index (Phi) is 9.57. The molecule has 0 aliphatic carbocycles. The standard InChI is InChI=1S/C29H39N5O6S/c1-20-14-34(21(2)18-35)29(36)13-23-12-24(31-41(37,38)28-17-33(4)19-30-28)8-11-26(23)40-27(20)16-32(3)15-22-6-9-25(39-5)10-7-22/h6-12,17,19-21,27,31,35H,13-16,18H2,1-5H3/t20-,21+,27+/m0/s1. The number of ether oxygens (including phenoxy) is 2. The third-order valence-corrected chi connectivity index (χ3v) is 8.49. The van der Waals surface area contributed by atoms with Crippen LogP contribution in [0.3, 0.4) is 0 Å². The number of sulfonamides is 1. The molecule has 3 atom stereocenters. The molecule has 0 spiro atoms. The number of benzene rings is 2. The number of aliphatic hydroxyl groups excluding tert-OH is 1. The summed E-state index contributed by atoms with van der Waals surface area (Å²) in [5.41, 5.74) is 1.98. The van der Waals surface area contributed by atoms with Crippen LogP contribution in [0.2, 0.25) is 0 Å². The molecule has 0 radical (unpaired) electrons. The second kappa shape index (κ2) is 12.9. The van der Waals surface area contributed by atoms with E-state index < -0.39 is 10.0 Å². The third kappa shape index (κ3) is 7.57. The topological polar surface area (TPSA) is 126 Å². The molecule has 2 aromatic carbocycles. The van der Waals surface area contributed by atoms with E-state index in [1.165, 1.54) is 12.5 Å². The van der Waals surface area contributed by atoms with Gasteiger partial charge in [0.05, 0.1) is 32.5 Å². The molecule has 1 amide bonds. The number of hydrogen-bond donors (Lipinski definition) is 2. The van der Waals surface area contributed by atoms with E-state index in [1.54, 1.807) is 41.8 Å². The summed E-state index contributed by atoms with van der Waals surface area (Å²) in [5.74, 6) is 1.10. The van der Waals surface area contributed by atoms with Crippen LogP contribution in [-0.2, 0) is 34.8 Å². The second-order valence-electron chi connectivity index (χ2n) is 10.7. The number of likely N-dealkylation sites (N-methyl/N-ethyl adjacent to an activating group) is 1. The zero-order valence-electron chi connectivity index (χ0n) is 24.1. The van der Waals surface area contributed by atoms with Gasteiger partial charge in [-0.3, -0.25) is 14.4 Å².